The van der Waals surface area contributed by atoms with Crippen LogP contribution in [0.2, 0.25) is 0 Å². The standard InChI is InChI=1S/C32H35N3O7/c1-17-7-9-19(3)22(13-17)33-30(37)28-25(36)16-32(5,39)29(31(38)34-23-14-18(2)8-10-20(23)4)27(28)21-11-12-26(42-6)24(15-21)35(40)41/h7-15,27-29,39H,16H2,1-6H3,(H,33,37)(H,34,38). The van der Waals surface area contributed by atoms with Gasteiger partial charge in [-0.25, -0.2) is 0 Å². The van der Waals surface area contributed by atoms with Crippen molar-refractivity contribution in [3.63, 3.8) is 0 Å². The number of aliphatic hydroxyl groups is 1. The summed E-state index contributed by atoms with van der Waals surface area (Å²) in [5.41, 5.74) is 2.27. The van der Waals surface area contributed by atoms with Gasteiger partial charge in [0.05, 0.1) is 23.6 Å². The second kappa shape index (κ2) is 11.7. The van der Waals surface area contributed by atoms with Crippen LogP contribution in [0, 0.1) is 49.6 Å². The van der Waals surface area contributed by atoms with Gasteiger partial charge in [0.2, 0.25) is 11.8 Å². The highest BCUT2D eigenvalue weighted by atomic mass is 16.6. The highest BCUT2D eigenvalue weighted by molar-refractivity contribution is 6.10. The van der Waals surface area contributed by atoms with Crippen molar-refractivity contribution in [1.29, 1.82) is 0 Å². The highest BCUT2D eigenvalue weighted by Gasteiger charge is 2.56. The lowest BCUT2D eigenvalue weighted by Gasteiger charge is -2.44. The van der Waals surface area contributed by atoms with Crippen molar-refractivity contribution in [2.24, 2.45) is 11.8 Å². The summed E-state index contributed by atoms with van der Waals surface area (Å²) in [5, 5.41) is 29.2. The van der Waals surface area contributed by atoms with E-state index < -0.39 is 58.0 Å². The average molecular weight is 574 g/mol. The van der Waals surface area contributed by atoms with Gasteiger partial charge in [0.15, 0.2) is 5.75 Å². The number of nitrogens with one attached hydrogen (secondary N) is 2. The number of nitro groups is 1. The Morgan fingerprint density at radius 3 is 2.00 bits per heavy atom. The molecule has 220 valence electrons. The van der Waals surface area contributed by atoms with E-state index in [1.807, 2.05) is 52.0 Å². The number of methoxy groups -OCH3 is 1. The fraction of sp³-hybridized carbons (Fsp3) is 0.344. The normalized spacial score (nSPS) is 21.9. The number of nitrogens with zero attached hydrogens (tertiary/aromatic N) is 1. The smallest absolute Gasteiger partial charge is 0.311 e. The minimum Gasteiger partial charge on any atom is -0.490 e. The van der Waals surface area contributed by atoms with Crippen LogP contribution >= 0.6 is 0 Å². The molecule has 2 amide bonds. The third kappa shape index (κ3) is 6.03. The maximum atomic E-state index is 14.0. The van der Waals surface area contributed by atoms with Crippen molar-refractivity contribution in [2.75, 3.05) is 17.7 Å². The number of rotatable bonds is 7. The van der Waals surface area contributed by atoms with Gasteiger partial charge in [0.1, 0.15) is 11.7 Å². The number of aryl methyl sites for hydroxylation is 4. The van der Waals surface area contributed by atoms with Crippen LogP contribution in [0.25, 0.3) is 0 Å². The number of carbonyl (C=O) groups excluding carboxylic acids is 3. The summed E-state index contributed by atoms with van der Waals surface area (Å²) in [6.45, 7) is 8.75. The Hall–Kier alpha value is -4.57. The van der Waals surface area contributed by atoms with Crippen LogP contribution in [0.15, 0.2) is 54.6 Å². The van der Waals surface area contributed by atoms with E-state index in [-0.39, 0.29) is 11.3 Å². The van der Waals surface area contributed by atoms with Gasteiger partial charge >= 0.3 is 5.69 Å². The van der Waals surface area contributed by atoms with Crippen LogP contribution < -0.4 is 15.4 Å². The fourth-order valence-electron chi connectivity index (χ4n) is 5.71. The Kier molecular flexibility index (Phi) is 8.49. The number of carbonyl (C=O) groups is 3. The van der Waals surface area contributed by atoms with Crippen molar-refractivity contribution < 1.29 is 29.2 Å². The summed E-state index contributed by atoms with van der Waals surface area (Å²) in [6, 6.07) is 15.1. The fourth-order valence-corrected chi connectivity index (χ4v) is 5.71. The molecule has 4 unspecified atom stereocenters. The number of ether oxygens (including phenoxy) is 1. The largest absolute Gasteiger partial charge is 0.490 e. The summed E-state index contributed by atoms with van der Waals surface area (Å²) < 4.78 is 5.15. The first-order chi connectivity index (χ1) is 19.7. The SMILES string of the molecule is COc1ccc(C2C(C(=O)Nc3cc(C)ccc3C)C(=O)CC(C)(O)C2C(=O)Nc2cc(C)ccc2C)cc1[N+](=O)[O-]. The molecule has 3 aromatic rings. The average Bonchev–Trinajstić information content (AvgIpc) is 2.91. The third-order valence-corrected chi connectivity index (χ3v) is 7.92. The predicted octanol–water partition coefficient (Wildman–Crippen LogP) is 5.15. The third-order valence-electron chi connectivity index (χ3n) is 7.92. The lowest BCUT2D eigenvalue weighted by molar-refractivity contribution is -0.385. The lowest BCUT2D eigenvalue weighted by Crippen LogP contribution is -2.56. The molecule has 1 aliphatic rings. The second-order valence-electron chi connectivity index (χ2n) is 11.3. The Morgan fingerprint density at radius 2 is 1.48 bits per heavy atom. The van der Waals surface area contributed by atoms with Crippen molar-refractivity contribution in [3.05, 3.63) is 92.5 Å². The predicted molar refractivity (Wildman–Crippen MR) is 159 cm³/mol. The highest BCUT2D eigenvalue weighted by Crippen LogP contribution is 2.48. The minimum atomic E-state index is -1.87. The molecule has 0 saturated heterocycles. The maximum absolute atomic E-state index is 14.0. The van der Waals surface area contributed by atoms with Gasteiger partial charge < -0.3 is 20.5 Å². The van der Waals surface area contributed by atoms with Crippen LogP contribution in [-0.4, -0.2) is 40.3 Å². The summed E-state index contributed by atoms with van der Waals surface area (Å²) >= 11 is 0. The Bertz CT molecular complexity index is 1580. The molecule has 10 nitrogen and oxygen atoms in total. The van der Waals surface area contributed by atoms with Crippen molar-refractivity contribution in [3.8, 4) is 5.75 Å². The van der Waals surface area contributed by atoms with Gasteiger partial charge in [-0.1, -0.05) is 30.3 Å². The van der Waals surface area contributed by atoms with Gasteiger partial charge in [0, 0.05) is 29.8 Å². The molecule has 0 aromatic heterocycles. The summed E-state index contributed by atoms with van der Waals surface area (Å²) in [5.74, 6) is -5.87. The zero-order chi connectivity index (χ0) is 30.9. The number of Topliss-reactive ketones (excluding diaryl/α,β-unsaturated/α-hetero) is 1. The number of nitro benzene ring substituents is 1. The first-order valence-corrected chi connectivity index (χ1v) is 13.6. The van der Waals surface area contributed by atoms with Crippen LogP contribution in [0.1, 0.15) is 47.1 Å². The van der Waals surface area contributed by atoms with E-state index in [0.717, 1.165) is 22.3 Å². The molecule has 3 N–H and O–H groups in total. The molecular formula is C32H35N3O7. The molecule has 1 saturated carbocycles. The Labute approximate surface area is 244 Å². The number of hydrogen-bond acceptors (Lipinski definition) is 7. The summed E-state index contributed by atoms with van der Waals surface area (Å²) in [4.78, 5) is 52.8. The van der Waals surface area contributed by atoms with Gasteiger partial charge in [-0.05, 0) is 80.6 Å². The number of ketones is 1. The second-order valence-corrected chi connectivity index (χ2v) is 11.3. The molecule has 42 heavy (non-hydrogen) atoms. The van der Waals surface area contributed by atoms with Crippen LogP contribution in [0.3, 0.4) is 0 Å². The van der Waals surface area contributed by atoms with Crippen LogP contribution in [0.4, 0.5) is 17.1 Å². The number of amides is 2. The molecule has 4 rings (SSSR count). The lowest BCUT2D eigenvalue weighted by atomic mass is 9.61. The molecule has 0 aliphatic heterocycles. The van der Waals surface area contributed by atoms with E-state index in [1.165, 1.54) is 32.2 Å². The maximum Gasteiger partial charge on any atom is 0.311 e. The zero-order valence-corrected chi connectivity index (χ0v) is 24.5. The topological polar surface area (TPSA) is 148 Å². The molecule has 0 heterocycles. The summed E-state index contributed by atoms with van der Waals surface area (Å²) in [7, 11) is 1.29. The first-order valence-electron chi connectivity index (χ1n) is 13.6. The van der Waals surface area contributed by atoms with Crippen LogP contribution in [0.5, 0.6) is 5.75 Å². The molecule has 1 aliphatic carbocycles. The van der Waals surface area contributed by atoms with Crippen molar-refractivity contribution in [1.82, 2.24) is 0 Å². The molecular weight excluding hydrogens is 538 g/mol. The van der Waals surface area contributed by atoms with E-state index >= 15 is 0 Å². The van der Waals surface area contributed by atoms with Crippen molar-refractivity contribution in [2.45, 2.75) is 52.6 Å². The zero-order valence-electron chi connectivity index (χ0n) is 24.5. The van der Waals surface area contributed by atoms with E-state index in [2.05, 4.69) is 10.6 Å². The van der Waals surface area contributed by atoms with Crippen LogP contribution in [-0.2, 0) is 14.4 Å². The van der Waals surface area contributed by atoms with Gasteiger partial charge in [-0.3, -0.25) is 24.5 Å². The molecule has 4 atom stereocenters. The van der Waals surface area contributed by atoms with Gasteiger partial charge in [-0.15, -0.1) is 0 Å². The minimum absolute atomic E-state index is 0.0228. The molecule has 1 fully saturated rings. The molecule has 0 bridgehead atoms. The van der Waals surface area contributed by atoms with E-state index in [1.54, 1.807) is 12.1 Å². The number of hydrogen-bond donors (Lipinski definition) is 3. The molecule has 10 heteroatoms. The Morgan fingerprint density at radius 1 is 0.929 bits per heavy atom. The number of benzene rings is 3. The Balaban J connectivity index is 1.87. The monoisotopic (exact) mass is 573 g/mol. The van der Waals surface area contributed by atoms with E-state index in [0.29, 0.717) is 11.4 Å². The van der Waals surface area contributed by atoms with Gasteiger partial charge in [-0.2, -0.15) is 0 Å². The quantitative estimate of drug-likeness (QED) is 0.201. The number of anilines is 2. The summed E-state index contributed by atoms with van der Waals surface area (Å²) in [6.07, 6.45) is -0.461. The van der Waals surface area contributed by atoms with Crippen molar-refractivity contribution >= 4 is 34.7 Å². The first kappa shape index (κ1) is 30.4. The van der Waals surface area contributed by atoms with Gasteiger partial charge in [0.25, 0.3) is 0 Å². The molecule has 3 aromatic carbocycles. The molecule has 0 spiro atoms. The van der Waals surface area contributed by atoms with E-state index in [4.69, 9.17) is 4.74 Å². The van der Waals surface area contributed by atoms with E-state index in [9.17, 15) is 29.6 Å². The molecule has 0 radical (unpaired) electrons.